The summed E-state index contributed by atoms with van der Waals surface area (Å²) in [6.07, 6.45) is 0. The summed E-state index contributed by atoms with van der Waals surface area (Å²) in [5.41, 5.74) is -0.877. The fraction of sp³-hybridized carbons (Fsp3) is 0.222. The molecule has 0 amide bonds. The fourth-order valence-corrected chi connectivity index (χ4v) is 1.09. The van der Waals surface area contributed by atoms with E-state index < -0.39 is 27.9 Å². The van der Waals surface area contributed by atoms with Gasteiger partial charge >= 0.3 is 5.97 Å². The molecule has 0 unspecified atom stereocenters. The van der Waals surface area contributed by atoms with Gasteiger partial charge in [0, 0.05) is 6.07 Å². The Hall–Kier alpha value is -2.11. The maximum atomic E-state index is 11.3. The van der Waals surface area contributed by atoms with E-state index in [2.05, 4.69) is 4.74 Å². The van der Waals surface area contributed by atoms with Crippen molar-refractivity contribution in [2.45, 2.75) is 6.92 Å². The molecule has 0 radical (unpaired) electrons. The molecular formula is C9H9NO5. The topological polar surface area (TPSA) is 89.7 Å². The lowest BCUT2D eigenvalue weighted by Crippen LogP contribution is -2.08. The molecule has 6 heteroatoms. The highest BCUT2D eigenvalue weighted by Crippen LogP contribution is 2.27. The second kappa shape index (κ2) is 4.41. The van der Waals surface area contributed by atoms with Crippen LogP contribution in [0.25, 0.3) is 0 Å². The molecule has 0 aromatic heterocycles. The van der Waals surface area contributed by atoms with Crippen molar-refractivity contribution in [1.82, 2.24) is 0 Å². The standard InChI is InChI=1S/C9H9NO5/c1-2-15-9(12)8-6(10(13)14)4-3-5-7(8)11/h3-5,11H,2H2,1H3. The molecule has 80 valence electrons. The van der Waals surface area contributed by atoms with E-state index in [0.29, 0.717) is 0 Å². The van der Waals surface area contributed by atoms with Crippen molar-refractivity contribution >= 4 is 11.7 Å². The Morgan fingerprint density at radius 3 is 2.80 bits per heavy atom. The number of aromatic hydroxyl groups is 1. The van der Waals surface area contributed by atoms with Crippen LogP contribution in [-0.4, -0.2) is 22.6 Å². The number of nitro groups is 1. The zero-order valence-electron chi connectivity index (χ0n) is 7.97. The predicted octanol–water partition coefficient (Wildman–Crippen LogP) is 1.48. The Morgan fingerprint density at radius 2 is 2.27 bits per heavy atom. The summed E-state index contributed by atoms with van der Waals surface area (Å²) in [7, 11) is 0. The first-order valence-corrected chi connectivity index (χ1v) is 4.21. The molecule has 0 aliphatic rings. The van der Waals surface area contributed by atoms with Gasteiger partial charge in [-0.15, -0.1) is 0 Å². The van der Waals surface area contributed by atoms with Gasteiger partial charge in [-0.05, 0) is 13.0 Å². The number of hydrogen-bond acceptors (Lipinski definition) is 5. The van der Waals surface area contributed by atoms with Gasteiger partial charge in [0.25, 0.3) is 5.69 Å². The van der Waals surface area contributed by atoms with Crippen LogP contribution in [0.15, 0.2) is 18.2 Å². The SMILES string of the molecule is CCOC(=O)c1c(O)cccc1[N+](=O)[O-]. The minimum atomic E-state index is -0.901. The van der Waals surface area contributed by atoms with Crippen molar-refractivity contribution in [3.63, 3.8) is 0 Å². The quantitative estimate of drug-likeness (QED) is 0.464. The number of hydrogen-bond donors (Lipinski definition) is 1. The number of carbonyl (C=O) groups is 1. The Bertz CT molecular complexity index is 401. The summed E-state index contributed by atoms with van der Waals surface area (Å²) in [6, 6.07) is 3.61. The normalized spacial score (nSPS) is 9.67. The van der Waals surface area contributed by atoms with Gasteiger partial charge in [-0.3, -0.25) is 10.1 Å². The molecule has 0 saturated carbocycles. The van der Waals surface area contributed by atoms with Crippen LogP contribution in [0, 0.1) is 10.1 Å². The minimum Gasteiger partial charge on any atom is -0.507 e. The highest BCUT2D eigenvalue weighted by Gasteiger charge is 2.24. The number of phenols is 1. The molecule has 0 fully saturated rings. The van der Waals surface area contributed by atoms with Gasteiger partial charge in [0.2, 0.25) is 0 Å². The molecule has 1 rings (SSSR count). The summed E-state index contributed by atoms with van der Waals surface area (Å²) < 4.78 is 4.60. The van der Waals surface area contributed by atoms with E-state index in [9.17, 15) is 20.0 Å². The zero-order chi connectivity index (χ0) is 11.4. The maximum absolute atomic E-state index is 11.3. The highest BCUT2D eigenvalue weighted by molar-refractivity contribution is 5.96. The first-order valence-electron chi connectivity index (χ1n) is 4.21. The summed E-state index contributed by atoms with van der Waals surface area (Å²) in [5.74, 6) is -1.36. The molecule has 0 aliphatic heterocycles. The smallest absolute Gasteiger partial charge is 0.349 e. The third-order valence-corrected chi connectivity index (χ3v) is 1.70. The summed E-state index contributed by atoms with van der Waals surface area (Å²) in [5, 5.41) is 19.9. The van der Waals surface area contributed by atoms with Gasteiger partial charge in [0.1, 0.15) is 5.75 Å². The van der Waals surface area contributed by atoms with Crippen LogP contribution < -0.4 is 0 Å². The van der Waals surface area contributed by atoms with E-state index in [1.54, 1.807) is 6.92 Å². The molecule has 1 N–H and O–H groups in total. The second-order valence-electron chi connectivity index (χ2n) is 2.65. The number of nitrogens with zero attached hydrogens (tertiary/aromatic N) is 1. The number of benzene rings is 1. The molecule has 0 heterocycles. The Labute approximate surface area is 85.2 Å². The Kier molecular flexibility index (Phi) is 3.22. The van der Waals surface area contributed by atoms with Crippen molar-refractivity contribution in [2.75, 3.05) is 6.61 Å². The van der Waals surface area contributed by atoms with E-state index in [1.165, 1.54) is 12.1 Å². The Balaban J connectivity index is 3.24. The van der Waals surface area contributed by atoms with E-state index in [1.807, 2.05) is 0 Å². The number of ether oxygens (including phenoxy) is 1. The lowest BCUT2D eigenvalue weighted by atomic mass is 10.1. The van der Waals surface area contributed by atoms with Crippen LogP contribution in [0.2, 0.25) is 0 Å². The van der Waals surface area contributed by atoms with E-state index in [0.717, 1.165) is 6.07 Å². The fourth-order valence-electron chi connectivity index (χ4n) is 1.09. The lowest BCUT2D eigenvalue weighted by Gasteiger charge is -2.04. The predicted molar refractivity (Wildman–Crippen MR) is 50.7 cm³/mol. The first kappa shape index (κ1) is 11.0. The molecule has 15 heavy (non-hydrogen) atoms. The minimum absolute atomic E-state index is 0.0876. The molecule has 0 spiro atoms. The third kappa shape index (κ3) is 2.22. The van der Waals surface area contributed by atoms with E-state index >= 15 is 0 Å². The van der Waals surface area contributed by atoms with Crippen LogP contribution in [-0.2, 0) is 4.74 Å². The number of nitro benzene ring substituents is 1. The molecule has 0 bridgehead atoms. The maximum Gasteiger partial charge on any atom is 0.349 e. The number of rotatable bonds is 3. The molecule has 0 atom stereocenters. The monoisotopic (exact) mass is 211 g/mol. The van der Waals surface area contributed by atoms with Crippen molar-refractivity contribution in [2.24, 2.45) is 0 Å². The number of carbonyl (C=O) groups excluding carboxylic acids is 1. The summed E-state index contributed by atoms with van der Waals surface area (Å²) in [4.78, 5) is 21.1. The summed E-state index contributed by atoms with van der Waals surface area (Å²) >= 11 is 0. The van der Waals surface area contributed by atoms with Crippen molar-refractivity contribution < 1.29 is 19.6 Å². The average Bonchev–Trinajstić information content (AvgIpc) is 2.17. The van der Waals surface area contributed by atoms with Gasteiger partial charge in [-0.2, -0.15) is 0 Å². The van der Waals surface area contributed by atoms with Gasteiger partial charge < -0.3 is 9.84 Å². The number of phenolic OH excluding ortho intramolecular Hbond substituents is 1. The van der Waals surface area contributed by atoms with Crippen LogP contribution in [0.3, 0.4) is 0 Å². The van der Waals surface area contributed by atoms with Crippen molar-refractivity contribution in [3.8, 4) is 5.75 Å². The van der Waals surface area contributed by atoms with Crippen LogP contribution in [0.4, 0.5) is 5.69 Å². The van der Waals surface area contributed by atoms with Gasteiger partial charge in [0.05, 0.1) is 11.5 Å². The molecular weight excluding hydrogens is 202 g/mol. The zero-order valence-corrected chi connectivity index (χ0v) is 7.97. The Morgan fingerprint density at radius 1 is 1.60 bits per heavy atom. The largest absolute Gasteiger partial charge is 0.507 e. The lowest BCUT2D eigenvalue weighted by molar-refractivity contribution is -0.385. The molecule has 6 nitrogen and oxygen atoms in total. The van der Waals surface area contributed by atoms with Gasteiger partial charge in [0.15, 0.2) is 5.56 Å². The van der Waals surface area contributed by atoms with Gasteiger partial charge in [-0.25, -0.2) is 4.79 Å². The summed E-state index contributed by atoms with van der Waals surface area (Å²) in [6.45, 7) is 1.66. The molecule has 0 aliphatic carbocycles. The molecule has 1 aromatic rings. The average molecular weight is 211 g/mol. The van der Waals surface area contributed by atoms with Crippen molar-refractivity contribution in [1.29, 1.82) is 0 Å². The molecule has 0 saturated heterocycles. The molecule has 1 aromatic carbocycles. The third-order valence-electron chi connectivity index (χ3n) is 1.70. The van der Waals surface area contributed by atoms with Crippen molar-refractivity contribution in [3.05, 3.63) is 33.9 Å². The second-order valence-corrected chi connectivity index (χ2v) is 2.65. The van der Waals surface area contributed by atoms with Gasteiger partial charge in [-0.1, -0.05) is 6.07 Å². The van der Waals surface area contributed by atoms with E-state index in [-0.39, 0.29) is 6.61 Å². The van der Waals surface area contributed by atoms with Crippen LogP contribution >= 0.6 is 0 Å². The van der Waals surface area contributed by atoms with E-state index in [4.69, 9.17) is 0 Å². The first-order chi connectivity index (χ1) is 7.07. The van der Waals surface area contributed by atoms with Crippen LogP contribution in [0.5, 0.6) is 5.75 Å². The van der Waals surface area contributed by atoms with Crippen LogP contribution in [0.1, 0.15) is 17.3 Å². The number of esters is 1. The highest BCUT2D eigenvalue weighted by atomic mass is 16.6.